The van der Waals surface area contributed by atoms with Gasteiger partial charge in [-0.1, -0.05) is 37.5 Å². The minimum atomic E-state index is -0.685. The summed E-state index contributed by atoms with van der Waals surface area (Å²) >= 11 is 0. The molecule has 3 aliphatic rings. The van der Waals surface area contributed by atoms with Gasteiger partial charge >= 0.3 is 6.03 Å². The van der Waals surface area contributed by atoms with Crippen molar-refractivity contribution >= 4 is 40.7 Å². The Morgan fingerprint density at radius 3 is 2.56 bits per heavy atom. The number of rotatable bonds is 5. The molecule has 5 amide bonds. The number of carbonyl (C=O) groups is 4. The van der Waals surface area contributed by atoms with E-state index in [2.05, 4.69) is 10.6 Å². The normalized spacial score (nSPS) is 21.3. The van der Waals surface area contributed by atoms with Gasteiger partial charge in [-0.25, -0.2) is 4.79 Å². The lowest BCUT2D eigenvalue weighted by molar-refractivity contribution is -0.132. The highest BCUT2D eigenvalue weighted by Crippen LogP contribution is 2.28. The summed E-state index contributed by atoms with van der Waals surface area (Å²) in [6.45, 7) is 0.160. The van der Waals surface area contributed by atoms with Crippen molar-refractivity contribution in [2.45, 2.75) is 63.6 Å². The average molecular weight is 434 g/mol. The molecule has 1 aromatic carbocycles. The molecule has 8 nitrogen and oxygen atoms in total. The Hall–Kier alpha value is -3.42. The second kappa shape index (κ2) is 8.26. The molecule has 166 valence electrons. The van der Waals surface area contributed by atoms with Crippen molar-refractivity contribution < 1.29 is 19.2 Å². The molecular weight excluding hydrogens is 408 g/mol. The Labute approximate surface area is 185 Å². The summed E-state index contributed by atoms with van der Waals surface area (Å²) in [5, 5.41) is 6.15. The predicted molar refractivity (Wildman–Crippen MR) is 118 cm³/mol. The molecule has 0 radical (unpaired) electrons. The summed E-state index contributed by atoms with van der Waals surface area (Å²) in [6, 6.07) is 7.02. The third kappa shape index (κ3) is 3.92. The van der Waals surface area contributed by atoms with Gasteiger partial charge < -0.3 is 9.88 Å². The van der Waals surface area contributed by atoms with Crippen LogP contribution < -0.4 is 10.6 Å². The summed E-state index contributed by atoms with van der Waals surface area (Å²) in [5.74, 6) is -1.29. The number of hydrogen-bond donors (Lipinski definition) is 2. The van der Waals surface area contributed by atoms with E-state index in [0.717, 1.165) is 55.8 Å². The van der Waals surface area contributed by atoms with Crippen molar-refractivity contribution in [3.05, 3.63) is 41.6 Å². The van der Waals surface area contributed by atoms with Crippen LogP contribution in [0.1, 0.15) is 50.5 Å². The Morgan fingerprint density at radius 2 is 1.81 bits per heavy atom. The fraction of sp³-hybridized carbons (Fsp3) is 0.417. The fourth-order valence-electron chi connectivity index (χ4n) is 4.67. The number of nitrogens with one attached hydrogen (secondary N) is 2. The van der Waals surface area contributed by atoms with E-state index in [0.29, 0.717) is 5.56 Å². The molecule has 5 rings (SSSR count). The van der Waals surface area contributed by atoms with E-state index in [9.17, 15) is 19.2 Å². The Bertz CT molecular complexity index is 1140. The third-order valence-corrected chi connectivity index (χ3v) is 6.45. The zero-order valence-electron chi connectivity index (χ0n) is 17.8. The number of urea groups is 1. The van der Waals surface area contributed by atoms with Gasteiger partial charge in [0.05, 0.1) is 0 Å². The van der Waals surface area contributed by atoms with E-state index in [1.807, 2.05) is 28.8 Å². The van der Waals surface area contributed by atoms with Crippen LogP contribution in [0.3, 0.4) is 0 Å². The van der Waals surface area contributed by atoms with Crippen molar-refractivity contribution in [3.8, 4) is 0 Å². The lowest BCUT2D eigenvalue weighted by Crippen LogP contribution is -2.58. The zero-order chi connectivity index (χ0) is 22.2. The van der Waals surface area contributed by atoms with Crippen LogP contribution in [0.25, 0.3) is 17.0 Å². The van der Waals surface area contributed by atoms with E-state index in [1.54, 1.807) is 6.20 Å². The van der Waals surface area contributed by atoms with E-state index in [1.165, 1.54) is 11.0 Å². The molecule has 0 spiro atoms. The molecule has 1 saturated heterocycles. The molecule has 2 saturated carbocycles. The van der Waals surface area contributed by atoms with E-state index in [4.69, 9.17) is 0 Å². The van der Waals surface area contributed by atoms with Gasteiger partial charge in [0.2, 0.25) is 5.91 Å². The Kier molecular flexibility index (Phi) is 5.28. The van der Waals surface area contributed by atoms with Crippen molar-refractivity contribution in [2.24, 2.45) is 0 Å². The summed E-state index contributed by atoms with van der Waals surface area (Å²) in [6.07, 6.45) is 9.90. The van der Waals surface area contributed by atoms with Gasteiger partial charge in [-0.3, -0.25) is 24.6 Å². The minimum Gasteiger partial charge on any atom is -0.352 e. The van der Waals surface area contributed by atoms with Crippen molar-refractivity contribution in [2.75, 3.05) is 0 Å². The summed E-state index contributed by atoms with van der Waals surface area (Å²) in [7, 11) is 0. The highest BCUT2D eigenvalue weighted by atomic mass is 16.2. The highest BCUT2D eigenvalue weighted by Gasteiger charge is 2.40. The molecule has 2 heterocycles. The monoisotopic (exact) mass is 434 g/mol. The van der Waals surface area contributed by atoms with Crippen LogP contribution in [0.15, 0.2) is 36.0 Å². The molecule has 2 aliphatic carbocycles. The molecule has 1 aliphatic heterocycles. The number of barbiturate groups is 1. The minimum absolute atomic E-state index is 0.0551. The van der Waals surface area contributed by atoms with Gasteiger partial charge in [-0.15, -0.1) is 0 Å². The first-order valence-electron chi connectivity index (χ1n) is 11.3. The number of hydrogen-bond acceptors (Lipinski definition) is 4. The first-order chi connectivity index (χ1) is 15.5. The van der Waals surface area contributed by atoms with Crippen LogP contribution in [0.2, 0.25) is 0 Å². The molecule has 0 bridgehead atoms. The van der Waals surface area contributed by atoms with Crippen LogP contribution in [0, 0.1) is 0 Å². The molecule has 8 heteroatoms. The maximum absolute atomic E-state index is 13.2. The van der Waals surface area contributed by atoms with Crippen LogP contribution in [-0.4, -0.2) is 45.3 Å². The molecule has 2 aromatic rings. The number of amides is 5. The predicted octanol–water partition coefficient (Wildman–Crippen LogP) is 2.71. The second-order valence-corrected chi connectivity index (χ2v) is 8.86. The maximum Gasteiger partial charge on any atom is 0.331 e. The highest BCUT2D eigenvalue weighted by molar-refractivity contribution is 6.31. The number of para-hydroxylation sites is 1. The largest absolute Gasteiger partial charge is 0.352 e. The Balaban J connectivity index is 1.48. The number of nitrogens with zero attached hydrogens (tertiary/aromatic N) is 2. The van der Waals surface area contributed by atoms with Crippen LogP contribution in [0.5, 0.6) is 0 Å². The SMILES string of the molecule is O=C(Cn1cc(/C=C2\C(=O)NC(=O)N(C3CCCCC3)C2=O)c2ccccc21)NC1CC1. The summed E-state index contributed by atoms with van der Waals surface area (Å²) < 4.78 is 1.83. The number of fused-ring (bicyclic) bond motifs is 1. The molecule has 2 N–H and O–H groups in total. The fourth-order valence-corrected chi connectivity index (χ4v) is 4.67. The van der Waals surface area contributed by atoms with Crippen LogP contribution >= 0.6 is 0 Å². The van der Waals surface area contributed by atoms with Crippen molar-refractivity contribution in [1.82, 2.24) is 20.1 Å². The molecule has 0 unspecified atom stereocenters. The first-order valence-corrected chi connectivity index (χ1v) is 11.3. The quantitative estimate of drug-likeness (QED) is 0.558. The van der Waals surface area contributed by atoms with Crippen LogP contribution in [0.4, 0.5) is 4.79 Å². The van der Waals surface area contributed by atoms with Crippen molar-refractivity contribution in [1.29, 1.82) is 0 Å². The van der Waals surface area contributed by atoms with Gasteiger partial charge in [0, 0.05) is 34.7 Å². The number of imide groups is 2. The molecule has 32 heavy (non-hydrogen) atoms. The van der Waals surface area contributed by atoms with Gasteiger partial charge in [0.1, 0.15) is 12.1 Å². The van der Waals surface area contributed by atoms with E-state index < -0.39 is 17.8 Å². The van der Waals surface area contributed by atoms with Crippen molar-refractivity contribution in [3.63, 3.8) is 0 Å². The van der Waals surface area contributed by atoms with Gasteiger partial charge in [-0.05, 0) is 37.8 Å². The second-order valence-electron chi connectivity index (χ2n) is 8.86. The van der Waals surface area contributed by atoms with E-state index in [-0.39, 0.29) is 30.1 Å². The topological polar surface area (TPSA) is 101 Å². The number of benzene rings is 1. The summed E-state index contributed by atoms with van der Waals surface area (Å²) in [4.78, 5) is 51.8. The standard InChI is InChI=1S/C24H26N4O4/c29-21(25-16-10-11-16)14-27-13-15(18-8-4-5-9-20(18)27)12-19-22(30)26-24(32)28(23(19)31)17-6-2-1-3-7-17/h4-5,8-9,12-13,16-17H,1-3,6-7,10-11,14H2,(H,25,29)(H,26,30,32)/b19-12+. The molecule has 3 fully saturated rings. The lowest BCUT2D eigenvalue weighted by Gasteiger charge is -2.35. The van der Waals surface area contributed by atoms with Crippen LogP contribution in [-0.2, 0) is 20.9 Å². The lowest BCUT2D eigenvalue weighted by atomic mass is 9.93. The number of aromatic nitrogens is 1. The van der Waals surface area contributed by atoms with Gasteiger partial charge in [0.15, 0.2) is 0 Å². The molecule has 0 atom stereocenters. The smallest absolute Gasteiger partial charge is 0.331 e. The molecule has 1 aromatic heterocycles. The average Bonchev–Trinajstić information content (AvgIpc) is 3.53. The summed E-state index contributed by atoms with van der Waals surface area (Å²) in [5.41, 5.74) is 1.45. The first kappa shape index (κ1) is 20.5. The van der Waals surface area contributed by atoms with Gasteiger partial charge in [0.25, 0.3) is 11.8 Å². The maximum atomic E-state index is 13.2. The zero-order valence-corrected chi connectivity index (χ0v) is 17.8. The third-order valence-electron chi connectivity index (χ3n) is 6.45. The van der Waals surface area contributed by atoms with E-state index >= 15 is 0 Å². The Morgan fingerprint density at radius 1 is 1.06 bits per heavy atom. The number of carbonyl (C=O) groups excluding carboxylic acids is 4. The molecular formula is C24H26N4O4. The van der Waals surface area contributed by atoms with Gasteiger partial charge in [-0.2, -0.15) is 0 Å².